The van der Waals surface area contributed by atoms with Crippen LogP contribution in [0.2, 0.25) is 0 Å². The molecule has 19 heavy (non-hydrogen) atoms. The van der Waals surface area contributed by atoms with E-state index in [1.165, 1.54) is 0 Å². The fraction of sp³-hybridized carbons (Fsp3) is 0.188. The summed E-state index contributed by atoms with van der Waals surface area (Å²) in [4.78, 5) is 11.7. The minimum Gasteiger partial charge on any atom is -0.489 e. The summed E-state index contributed by atoms with van der Waals surface area (Å²) in [5.41, 5.74) is 2.77. The summed E-state index contributed by atoms with van der Waals surface area (Å²) >= 11 is 0. The van der Waals surface area contributed by atoms with Crippen LogP contribution in [0.4, 0.5) is 5.69 Å². The largest absolute Gasteiger partial charge is 0.489 e. The minimum atomic E-state index is 0.198. The third kappa shape index (κ3) is 2.60. The molecule has 0 bridgehead atoms. The molecule has 0 saturated heterocycles. The van der Waals surface area contributed by atoms with Crippen LogP contribution in [0.15, 0.2) is 48.5 Å². The number of hydrogen-bond acceptors (Lipinski definition) is 3. The average Bonchev–Trinajstić information content (AvgIpc) is 2.46. The molecule has 0 amide bonds. The molecule has 0 radical (unpaired) electrons. The molecule has 96 valence electrons. The predicted molar refractivity (Wildman–Crippen MR) is 74.7 cm³/mol. The Bertz CT molecular complexity index is 593. The van der Waals surface area contributed by atoms with Crippen LogP contribution in [-0.2, 0) is 6.61 Å². The molecular formula is C16H15NO2. The zero-order valence-electron chi connectivity index (χ0n) is 10.6. The van der Waals surface area contributed by atoms with Crippen LogP contribution in [0.1, 0.15) is 22.3 Å². The van der Waals surface area contributed by atoms with Crippen molar-refractivity contribution in [3.05, 3.63) is 59.7 Å². The smallest absolute Gasteiger partial charge is 0.166 e. The van der Waals surface area contributed by atoms with E-state index in [1.807, 2.05) is 48.5 Å². The van der Waals surface area contributed by atoms with Crippen molar-refractivity contribution in [2.45, 2.75) is 13.0 Å². The van der Waals surface area contributed by atoms with Crippen molar-refractivity contribution in [1.82, 2.24) is 0 Å². The second-order valence-electron chi connectivity index (χ2n) is 4.58. The zero-order chi connectivity index (χ0) is 13.1. The first-order valence-corrected chi connectivity index (χ1v) is 6.41. The van der Waals surface area contributed by atoms with Crippen LogP contribution in [0, 0.1) is 0 Å². The molecule has 1 aliphatic heterocycles. The molecule has 1 aliphatic rings. The fourth-order valence-electron chi connectivity index (χ4n) is 2.19. The van der Waals surface area contributed by atoms with E-state index in [9.17, 15) is 4.79 Å². The summed E-state index contributed by atoms with van der Waals surface area (Å²) in [6.07, 6.45) is 0.567. The topological polar surface area (TPSA) is 38.3 Å². The zero-order valence-corrected chi connectivity index (χ0v) is 10.6. The fourth-order valence-corrected chi connectivity index (χ4v) is 2.19. The Morgan fingerprint density at radius 2 is 1.95 bits per heavy atom. The molecule has 3 rings (SSSR count). The van der Waals surface area contributed by atoms with E-state index in [-0.39, 0.29) is 5.78 Å². The van der Waals surface area contributed by atoms with E-state index in [0.29, 0.717) is 19.6 Å². The van der Waals surface area contributed by atoms with Crippen LogP contribution in [0.3, 0.4) is 0 Å². The summed E-state index contributed by atoms with van der Waals surface area (Å²) in [5.74, 6) is 0.980. The van der Waals surface area contributed by atoms with Crippen LogP contribution in [-0.4, -0.2) is 12.3 Å². The number of carbonyl (C=O) groups is 1. The van der Waals surface area contributed by atoms with E-state index in [2.05, 4.69) is 5.32 Å². The van der Waals surface area contributed by atoms with E-state index in [1.54, 1.807) is 0 Å². The highest BCUT2D eigenvalue weighted by molar-refractivity contribution is 6.03. The number of fused-ring (bicyclic) bond motifs is 1. The first-order valence-electron chi connectivity index (χ1n) is 6.41. The van der Waals surface area contributed by atoms with E-state index in [4.69, 9.17) is 4.74 Å². The van der Waals surface area contributed by atoms with Crippen molar-refractivity contribution in [2.24, 2.45) is 0 Å². The third-order valence-electron chi connectivity index (χ3n) is 3.21. The van der Waals surface area contributed by atoms with Gasteiger partial charge in [0.2, 0.25) is 0 Å². The van der Waals surface area contributed by atoms with Gasteiger partial charge in [0, 0.05) is 30.3 Å². The van der Waals surface area contributed by atoms with Gasteiger partial charge in [0.25, 0.3) is 0 Å². The monoisotopic (exact) mass is 253 g/mol. The number of hydrogen-bond donors (Lipinski definition) is 1. The summed E-state index contributed by atoms with van der Waals surface area (Å²) in [6.45, 7) is 1.24. The summed E-state index contributed by atoms with van der Waals surface area (Å²) in [7, 11) is 0. The van der Waals surface area contributed by atoms with Crippen molar-refractivity contribution < 1.29 is 9.53 Å². The molecule has 0 atom stereocenters. The van der Waals surface area contributed by atoms with Gasteiger partial charge in [-0.25, -0.2) is 0 Å². The summed E-state index contributed by atoms with van der Waals surface area (Å²) in [5, 5.41) is 3.23. The molecule has 0 aromatic heterocycles. The molecule has 3 nitrogen and oxygen atoms in total. The standard InChI is InChI=1S/C16H15NO2/c18-16-8-9-17-15-10-13(6-7-14(15)16)19-11-12-4-2-1-3-5-12/h1-7,10,17H,8-9,11H2. The SMILES string of the molecule is O=C1CCNc2cc(OCc3ccccc3)ccc21. The number of anilines is 1. The molecule has 0 fully saturated rings. The van der Waals surface area contributed by atoms with E-state index < -0.39 is 0 Å². The Kier molecular flexibility index (Phi) is 3.19. The van der Waals surface area contributed by atoms with Gasteiger partial charge in [0.1, 0.15) is 12.4 Å². The highest BCUT2D eigenvalue weighted by Gasteiger charge is 2.16. The maximum atomic E-state index is 11.7. The maximum absolute atomic E-state index is 11.7. The number of ketones is 1. The van der Waals surface area contributed by atoms with Crippen LogP contribution in [0.25, 0.3) is 0 Å². The maximum Gasteiger partial charge on any atom is 0.166 e. The minimum absolute atomic E-state index is 0.198. The normalized spacial score (nSPS) is 13.6. The molecule has 0 unspecified atom stereocenters. The quantitative estimate of drug-likeness (QED) is 0.912. The predicted octanol–water partition coefficient (Wildman–Crippen LogP) is 3.26. The molecule has 3 heteroatoms. The van der Waals surface area contributed by atoms with Crippen molar-refractivity contribution >= 4 is 11.5 Å². The number of nitrogens with one attached hydrogen (secondary N) is 1. The van der Waals surface area contributed by atoms with Gasteiger partial charge in [-0.3, -0.25) is 4.79 Å². The Labute approximate surface area is 112 Å². The molecule has 1 heterocycles. The van der Waals surface area contributed by atoms with Gasteiger partial charge < -0.3 is 10.1 Å². The lowest BCUT2D eigenvalue weighted by atomic mass is 10.0. The Morgan fingerprint density at radius 1 is 1.11 bits per heavy atom. The Balaban J connectivity index is 1.74. The van der Waals surface area contributed by atoms with Gasteiger partial charge in [-0.05, 0) is 17.7 Å². The van der Waals surface area contributed by atoms with Crippen molar-refractivity contribution in [1.29, 1.82) is 0 Å². The first kappa shape index (κ1) is 11.8. The first-order chi connectivity index (χ1) is 9.33. The molecule has 0 spiro atoms. The highest BCUT2D eigenvalue weighted by Crippen LogP contribution is 2.27. The number of benzene rings is 2. The van der Waals surface area contributed by atoms with Crippen molar-refractivity contribution in [3.8, 4) is 5.75 Å². The van der Waals surface area contributed by atoms with Gasteiger partial charge in [0.15, 0.2) is 5.78 Å². The Hall–Kier alpha value is -2.29. The van der Waals surface area contributed by atoms with Crippen molar-refractivity contribution in [2.75, 3.05) is 11.9 Å². The third-order valence-corrected chi connectivity index (χ3v) is 3.21. The number of carbonyl (C=O) groups excluding carboxylic acids is 1. The average molecular weight is 253 g/mol. The molecular weight excluding hydrogens is 238 g/mol. The van der Waals surface area contributed by atoms with E-state index >= 15 is 0 Å². The van der Waals surface area contributed by atoms with Crippen LogP contribution >= 0.6 is 0 Å². The van der Waals surface area contributed by atoms with Gasteiger partial charge in [-0.1, -0.05) is 30.3 Å². The lowest BCUT2D eigenvalue weighted by Crippen LogP contribution is -2.17. The lowest BCUT2D eigenvalue weighted by molar-refractivity contribution is 0.0983. The second-order valence-corrected chi connectivity index (χ2v) is 4.58. The molecule has 2 aromatic rings. The number of rotatable bonds is 3. The lowest BCUT2D eigenvalue weighted by Gasteiger charge is -2.18. The highest BCUT2D eigenvalue weighted by atomic mass is 16.5. The van der Waals surface area contributed by atoms with Gasteiger partial charge in [-0.2, -0.15) is 0 Å². The van der Waals surface area contributed by atoms with Crippen LogP contribution < -0.4 is 10.1 Å². The van der Waals surface area contributed by atoms with Crippen LogP contribution in [0.5, 0.6) is 5.75 Å². The number of ether oxygens (including phenoxy) is 1. The molecule has 0 aliphatic carbocycles. The number of Topliss-reactive ketones (excluding diaryl/α,β-unsaturated/α-hetero) is 1. The van der Waals surface area contributed by atoms with Gasteiger partial charge >= 0.3 is 0 Å². The summed E-state index contributed by atoms with van der Waals surface area (Å²) < 4.78 is 5.74. The van der Waals surface area contributed by atoms with Gasteiger partial charge in [-0.15, -0.1) is 0 Å². The summed E-state index contributed by atoms with van der Waals surface area (Å²) in [6, 6.07) is 15.6. The van der Waals surface area contributed by atoms with Crippen molar-refractivity contribution in [3.63, 3.8) is 0 Å². The van der Waals surface area contributed by atoms with Gasteiger partial charge in [0.05, 0.1) is 0 Å². The van der Waals surface area contributed by atoms with E-state index in [0.717, 1.165) is 22.6 Å². The molecule has 2 aromatic carbocycles. The second kappa shape index (κ2) is 5.14. The molecule has 0 saturated carbocycles. The Morgan fingerprint density at radius 3 is 2.79 bits per heavy atom. The molecule has 1 N–H and O–H groups in total.